The number of nitrogens with one attached hydrogen (secondary N) is 1. The van der Waals surface area contributed by atoms with Gasteiger partial charge in [0.05, 0.1) is 0 Å². The molecule has 1 N–H and O–H groups in total. The van der Waals surface area contributed by atoms with Crippen molar-refractivity contribution < 1.29 is 0 Å². The third kappa shape index (κ3) is 3.21. The predicted octanol–water partition coefficient (Wildman–Crippen LogP) is 3.59. The van der Waals surface area contributed by atoms with E-state index in [1.807, 2.05) is 0 Å². The zero-order chi connectivity index (χ0) is 10.7. The summed E-state index contributed by atoms with van der Waals surface area (Å²) in [5.74, 6) is 2.96. The fraction of sp³-hybridized carbons (Fsp3) is 1.00. The van der Waals surface area contributed by atoms with Crippen LogP contribution in [-0.4, -0.2) is 12.6 Å². The van der Waals surface area contributed by atoms with Gasteiger partial charge in [-0.05, 0) is 50.0 Å². The van der Waals surface area contributed by atoms with Crippen molar-refractivity contribution in [2.45, 2.75) is 64.8 Å². The van der Waals surface area contributed by atoms with Crippen LogP contribution >= 0.6 is 0 Å². The summed E-state index contributed by atoms with van der Waals surface area (Å²) in [6.07, 6.45) is 10.2. The molecule has 0 radical (unpaired) electrons. The molecule has 1 saturated heterocycles. The second-order valence-electron chi connectivity index (χ2n) is 6.02. The molecule has 1 aliphatic heterocycles. The quantitative estimate of drug-likeness (QED) is 0.733. The molecular formula is C14H27N. The zero-order valence-electron chi connectivity index (χ0n) is 10.5. The Morgan fingerprint density at radius 3 is 2.53 bits per heavy atom. The minimum Gasteiger partial charge on any atom is -0.314 e. The van der Waals surface area contributed by atoms with Crippen LogP contribution < -0.4 is 5.32 Å². The lowest BCUT2D eigenvalue weighted by molar-refractivity contribution is 0.181. The molecule has 0 bridgehead atoms. The fourth-order valence-electron chi connectivity index (χ4n) is 3.40. The Morgan fingerprint density at radius 2 is 1.87 bits per heavy atom. The average molecular weight is 209 g/mol. The monoisotopic (exact) mass is 209 g/mol. The molecular weight excluding hydrogens is 182 g/mol. The minimum absolute atomic E-state index is 0.851. The largest absolute Gasteiger partial charge is 0.314 e. The van der Waals surface area contributed by atoms with Gasteiger partial charge in [-0.2, -0.15) is 0 Å². The normalized spacial score (nSPS) is 42.8. The maximum Gasteiger partial charge on any atom is 0.00697 e. The van der Waals surface area contributed by atoms with Crippen molar-refractivity contribution in [1.82, 2.24) is 5.32 Å². The Balaban J connectivity index is 1.74. The Labute approximate surface area is 95.0 Å². The van der Waals surface area contributed by atoms with Crippen LogP contribution in [-0.2, 0) is 0 Å². The Hall–Kier alpha value is -0.0400. The van der Waals surface area contributed by atoms with Crippen LogP contribution in [0.4, 0.5) is 0 Å². The molecule has 2 aliphatic rings. The van der Waals surface area contributed by atoms with Crippen LogP contribution in [0.5, 0.6) is 0 Å². The van der Waals surface area contributed by atoms with E-state index in [9.17, 15) is 0 Å². The molecule has 0 amide bonds. The van der Waals surface area contributed by atoms with Gasteiger partial charge in [-0.25, -0.2) is 0 Å². The van der Waals surface area contributed by atoms with Crippen LogP contribution in [0.3, 0.4) is 0 Å². The lowest BCUT2D eigenvalue weighted by Gasteiger charge is -2.35. The van der Waals surface area contributed by atoms with Crippen molar-refractivity contribution in [1.29, 1.82) is 0 Å². The highest BCUT2D eigenvalue weighted by molar-refractivity contribution is 4.81. The molecule has 1 nitrogen and oxygen atoms in total. The highest BCUT2D eigenvalue weighted by Crippen LogP contribution is 2.36. The molecule has 0 aromatic heterocycles. The molecule has 2 rings (SSSR count). The average Bonchev–Trinajstić information content (AvgIpc) is 2.25. The number of hydrogen-bond donors (Lipinski definition) is 1. The Kier molecular flexibility index (Phi) is 4.07. The molecule has 15 heavy (non-hydrogen) atoms. The van der Waals surface area contributed by atoms with Crippen LogP contribution in [0, 0.1) is 17.8 Å². The number of hydrogen-bond acceptors (Lipinski definition) is 1. The van der Waals surface area contributed by atoms with Gasteiger partial charge < -0.3 is 5.32 Å². The van der Waals surface area contributed by atoms with Gasteiger partial charge >= 0.3 is 0 Å². The summed E-state index contributed by atoms with van der Waals surface area (Å²) < 4.78 is 0. The van der Waals surface area contributed by atoms with Gasteiger partial charge in [0, 0.05) is 6.04 Å². The zero-order valence-corrected chi connectivity index (χ0v) is 10.5. The topological polar surface area (TPSA) is 12.0 Å². The molecule has 0 aromatic carbocycles. The SMILES string of the molecule is CC1CCC(CC2CCCCN2)CC1C. The first-order chi connectivity index (χ1) is 7.25. The number of rotatable bonds is 2. The van der Waals surface area contributed by atoms with E-state index in [2.05, 4.69) is 19.2 Å². The molecule has 2 fully saturated rings. The fourth-order valence-corrected chi connectivity index (χ4v) is 3.40. The van der Waals surface area contributed by atoms with Gasteiger partial charge in [0.2, 0.25) is 0 Å². The molecule has 4 atom stereocenters. The van der Waals surface area contributed by atoms with E-state index < -0.39 is 0 Å². The summed E-state index contributed by atoms with van der Waals surface area (Å²) in [6.45, 7) is 6.15. The van der Waals surface area contributed by atoms with Crippen molar-refractivity contribution in [3.8, 4) is 0 Å². The molecule has 1 heteroatoms. The standard InChI is InChI=1S/C14H27N/c1-11-6-7-13(9-12(11)2)10-14-5-3-4-8-15-14/h11-15H,3-10H2,1-2H3. The molecule has 4 unspecified atom stereocenters. The Bertz CT molecular complexity index is 184. The van der Waals surface area contributed by atoms with Crippen LogP contribution in [0.1, 0.15) is 58.8 Å². The highest BCUT2D eigenvalue weighted by Gasteiger charge is 2.26. The van der Waals surface area contributed by atoms with E-state index in [4.69, 9.17) is 0 Å². The van der Waals surface area contributed by atoms with Gasteiger partial charge in [-0.3, -0.25) is 0 Å². The third-order valence-corrected chi connectivity index (χ3v) is 4.74. The summed E-state index contributed by atoms with van der Waals surface area (Å²) in [6, 6.07) is 0.851. The first kappa shape index (κ1) is 11.4. The first-order valence-electron chi connectivity index (χ1n) is 6.99. The van der Waals surface area contributed by atoms with Gasteiger partial charge in [0.1, 0.15) is 0 Å². The summed E-state index contributed by atoms with van der Waals surface area (Å²) in [5, 5.41) is 3.69. The van der Waals surface area contributed by atoms with Gasteiger partial charge in [-0.1, -0.05) is 33.1 Å². The van der Waals surface area contributed by atoms with Gasteiger partial charge in [-0.15, -0.1) is 0 Å². The predicted molar refractivity (Wildman–Crippen MR) is 65.9 cm³/mol. The van der Waals surface area contributed by atoms with Crippen LogP contribution in [0.25, 0.3) is 0 Å². The van der Waals surface area contributed by atoms with Gasteiger partial charge in [0.25, 0.3) is 0 Å². The molecule has 0 spiro atoms. The summed E-state index contributed by atoms with van der Waals surface area (Å²) in [4.78, 5) is 0. The lowest BCUT2D eigenvalue weighted by atomic mass is 9.73. The van der Waals surface area contributed by atoms with Crippen molar-refractivity contribution >= 4 is 0 Å². The van der Waals surface area contributed by atoms with Crippen LogP contribution in [0.15, 0.2) is 0 Å². The second-order valence-corrected chi connectivity index (χ2v) is 6.02. The molecule has 88 valence electrons. The van der Waals surface area contributed by atoms with E-state index in [0.29, 0.717) is 0 Å². The molecule has 1 aliphatic carbocycles. The van der Waals surface area contributed by atoms with E-state index in [-0.39, 0.29) is 0 Å². The van der Waals surface area contributed by atoms with E-state index in [1.54, 1.807) is 0 Å². The summed E-state index contributed by atoms with van der Waals surface area (Å²) in [7, 11) is 0. The smallest absolute Gasteiger partial charge is 0.00697 e. The van der Waals surface area contributed by atoms with E-state index in [1.165, 1.54) is 51.5 Å². The maximum atomic E-state index is 3.69. The summed E-state index contributed by atoms with van der Waals surface area (Å²) in [5.41, 5.74) is 0. The van der Waals surface area contributed by atoms with Crippen molar-refractivity contribution in [2.24, 2.45) is 17.8 Å². The number of piperidine rings is 1. The lowest BCUT2D eigenvalue weighted by Crippen LogP contribution is -2.36. The minimum atomic E-state index is 0.851. The third-order valence-electron chi connectivity index (χ3n) is 4.74. The molecule has 1 heterocycles. The van der Waals surface area contributed by atoms with E-state index >= 15 is 0 Å². The first-order valence-corrected chi connectivity index (χ1v) is 6.99. The van der Waals surface area contributed by atoms with Crippen molar-refractivity contribution in [3.63, 3.8) is 0 Å². The maximum absolute atomic E-state index is 3.69. The van der Waals surface area contributed by atoms with Crippen LogP contribution in [0.2, 0.25) is 0 Å². The molecule has 0 aromatic rings. The second kappa shape index (κ2) is 5.34. The highest BCUT2D eigenvalue weighted by atomic mass is 14.9. The van der Waals surface area contributed by atoms with E-state index in [0.717, 1.165) is 23.8 Å². The molecule has 1 saturated carbocycles. The van der Waals surface area contributed by atoms with Crippen molar-refractivity contribution in [3.05, 3.63) is 0 Å². The Morgan fingerprint density at radius 1 is 1.00 bits per heavy atom. The van der Waals surface area contributed by atoms with Crippen molar-refractivity contribution in [2.75, 3.05) is 6.54 Å². The summed E-state index contributed by atoms with van der Waals surface area (Å²) >= 11 is 0. The van der Waals surface area contributed by atoms with Gasteiger partial charge in [0.15, 0.2) is 0 Å².